The van der Waals surface area contributed by atoms with Crippen molar-refractivity contribution in [3.05, 3.63) is 34.3 Å². The van der Waals surface area contributed by atoms with Gasteiger partial charge in [0.1, 0.15) is 9.84 Å². The Balaban J connectivity index is 2.61. The number of hydrogen-bond donors (Lipinski definition) is 1. The molecule has 0 aliphatic carbocycles. The van der Waals surface area contributed by atoms with Crippen molar-refractivity contribution in [1.82, 2.24) is 0 Å². The van der Waals surface area contributed by atoms with E-state index in [0.717, 1.165) is 10.0 Å². The Morgan fingerprint density at radius 1 is 1.33 bits per heavy atom. The first-order valence-electron chi connectivity index (χ1n) is 6.03. The van der Waals surface area contributed by atoms with Crippen LogP contribution in [0, 0.1) is 5.92 Å². The molecule has 0 aromatic heterocycles. The van der Waals surface area contributed by atoms with Gasteiger partial charge in [-0.25, -0.2) is 8.42 Å². The maximum Gasteiger partial charge on any atom is 0.150 e. The molecule has 0 saturated heterocycles. The minimum absolute atomic E-state index is 0.00924. The summed E-state index contributed by atoms with van der Waals surface area (Å²) >= 11 is 3.46. The Kier molecular flexibility index (Phi) is 6.32. The quantitative estimate of drug-likeness (QED) is 0.833. The number of sulfone groups is 1. The maximum absolute atomic E-state index is 11.4. The fraction of sp³-hybridized carbons (Fsp3) is 0.538. The number of rotatable bonds is 7. The summed E-state index contributed by atoms with van der Waals surface area (Å²) in [7, 11) is -2.95. The SMILES string of the molecule is CCS(=O)(=O)CCC(CO)Cc1ccccc1Br. The molecule has 1 N–H and O–H groups in total. The van der Waals surface area contributed by atoms with Crippen LogP contribution in [0.25, 0.3) is 0 Å². The average molecular weight is 335 g/mol. The van der Waals surface area contributed by atoms with E-state index in [-0.39, 0.29) is 24.0 Å². The zero-order valence-corrected chi connectivity index (χ0v) is 12.9. The van der Waals surface area contributed by atoms with Crippen LogP contribution in [-0.4, -0.2) is 31.6 Å². The van der Waals surface area contributed by atoms with E-state index < -0.39 is 9.84 Å². The first-order valence-corrected chi connectivity index (χ1v) is 8.64. The summed E-state index contributed by atoms with van der Waals surface area (Å²) < 4.78 is 23.9. The molecule has 0 saturated carbocycles. The molecule has 0 bridgehead atoms. The predicted octanol–water partition coefficient (Wildman–Crippen LogP) is 2.42. The predicted molar refractivity (Wildman–Crippen MR) is 77.4 cm³/mol. The molecule has 0 heterocycles. The van der Waals surface area contributed by atoms with Crippen LogP contribution < -0.4 is 0 Å². The van der Waals surface area contributed by atoms with Crippen molar-refractivity contribution < 1.29 is 13.5 Å². The monoisotopic (exact) mass is 334 g/mol. The van der Waals surface area contributed by atoms with E-state index in [4.69, 9.17) is 0 Å². The highest BCUT2D eigenvalue weighted by Gasteiger charge is 2.15. The minimum atomic E-state index is -2.95. The summed E-state index contributed by atoms with van der Waals surface area (Å²) in [6, 6.07) is 7.81. The van der Waals surface area contributed by atoms with Crippen molar-refractivity contribution in [2.24, 2.45) is 5.92 Å². The number of benzene rings is 1. The van der Waals surface area contributed by atoms with Crippen LogP contribution in [-0.2, 0) is 16.3 Å². The van der Waals surface area contributed by atoms with Gasteiger partial charge >= 0.3 is 0 Å². The lowest BCUT2D eigenvalue weighted by molar-refractivity contribution is 0.222. The Morgan fingerprint density at radius 2 is 2.00 bits per heavy atom. The molecule has 1 aromatic carbocycles. The first-order chi connectivity index (χ1) is 8.48. The minimum Gasteiger partial charge on any atom is -0.396 e. The fourth-order valence-corrected chi connectivity index (χ4v) is 3.15. The molecular weight excluding hydrogens is 316 g/mol. The zero-order valence-electron chi connectivity index (χ0n) is 10.5. The highest BCUT2D eigenvalue weighted by Crippen LogP contribution is 2.21. The molecule has 1 unspecified atom stereocenters. The van der Waals surface area contributed by atoms with E-state index in [9.17, 15) is 13.5 Å². The van der Waals surface area contributed by atoms with Gasteiger partial charge in [-0.2, -0.15) is 0 Å². The summed E-state index contributed by atoms with van der Waals surface area (Å²) in [5.74, 6) is 0.310. The Morgan fingerprint density at radius 3 is 2.56 bits per heavy atom. The van der Waals surface area contributed by atoms with Gasteiger partial charge in [0.15, 0.2) is 0 Å². The Bertz CT molecular complexity index is 471. The van der Waals surface area contributed by atoms with Gasteiger partial charge in [-0.15, -0.1) is 0 Å². The highest BCUT2D eigenvalue weighted by molar-refractivity contribution is 9.10. The van der Waals surface area contributed by atoms with Crippen molar-refractivity contribution in [3.63, 3.8) is 0 Å². The molecule has 18 heavy (non-hydrogen) atoms. The van der Waals surface area contributed by atoms with Crippen LogP contribution in [0.15, 0.2) is 28.7 Å². The van der Waals surface area contributed by atoms with Gasteiger partial charge in [0.25, 0.3) is 0 Å². The third-order valence-corrected chi connectivity index (χ3v) is 5.51. The summed E-state index contributed by atoms with van der Waals surface area (Å²) in [4.78, 5) is 0. The summed E-state index contributed by atoms with van der Waals surface area (Å²) in [6.45, 7) is 1.66. The number of aliphatic hydroxyl groups excluding tert-OH is 1. The number of aliphatic hydroxyl groups is 1. The van der Waals surface area contributed by atoms with Gasteiger partial charge in [0.2, 0.25) is 0 Å². The van der Waals surface area contributed by atoms with Gasteiger partial charge < -0.3 is 5.11 Å². The van der Waals surface area contributed by atoms with Crippen LogP contribution >= 0.6 is 15.9 Å². The fourth-order valence-electron chi connectivity index (χ4n) is 1.72. The average Bonchev–Trinajstić information content (AvgIpc) is 2.36. The van der Waals surface area contributed by atoms with Crippen molar-refractivity contribution in [1.29, 1.82) is 0 Å². The number of hydrogen-bond acceptors (Lipinski definition) is 3. The molecule has 1 rings (SSSR count). The van der Waals surface area contributed by atoms with E-state index in [1.807, 2.05) is 24.3 Å². The van der Waals surface area contributed by atoms with Gasteiger partial charge in [0, 0.05) is 16.8 Å². The normalized spacial score (nSPS) is 13.5. The Labute approximate surface area is 117 Å². The van der Waals surface area contributed by atoms with Crippen molar-refractivity contribution in [3.8, 4) is 0 Å². The molecule has 0 radical (unpaired) electrons. The van der Waals surface area contributed by atoms with Crippen LogP contribution in [0.2, 0.25) is 0 Å². The van der Waals surface area contributed by atoms with Gasteiger partial charge in [0.05, 0.1) is 5.75 Å². The van der Waals surface area contributed by atoms with Crippen LogP contribution in [0.3, 0.4) is 0 Å². The van der Waals surface area contributed by atoms with Crippen LogP contribution in [0.1, 0.15) is 18.9 Å². The molecule has 0 amide bonds. The van der Waals surface area contributed by atoms with E-state index in [0.29, 0.717) is 12.8 Å². The second-order valence-electron chi connectivity index (χ2n) is 4.37. The second kappa shape index (κ2) is 7.26. The van der Waals surface area contributed by atoms with E-state index in [2.05, 4.69) is 15.9 Å². The lowest BCUT2D eigenvalue weighted by Crippen LogP contribution is -2.17. The molecule has 1 atom stereocenters. The third kappa shape index (κ3) is 5.08. The Hall–Kier alpha value is -0.390. The lowest BCUT2D eigenvalue weighted by atomic mass is 9.98. The van der Waals surface area contributed by atoms with E-state index in [1.54, 1.807) is 6.92 Å². The number of halogens is 1. The topological polar surface area (TPSA) is 54.4 Å². The smallest absolute Gasteiger partial charge is 0.150 e. The van der Waals surface area contributed by atoms with E-state index >= 15 is 0 Å². The van der Waals surface area contributed by atoms with E-state index in [1.165, 1.54) is 0 Å². The van der Waals surface area contributed by atoms with Crippen LogP contribution in [0.5, 0.6) is 0 Å². The summed E-state index contributed by atoms with van der Waals surface area (Å²) in [5, 5.41) is 9.34. The van der Waals surface area contributed by atoms with Crippen molar-refractivity contribution >= 4 is 25.8 Å². The third-order valence-electron chi connectivity index (χ3n) is 3.00. The molecule has 102 valence electrons. The molecule has 1 aromatic rings. The summed E-state index contributed by atoms with van der Waals surface area (Å²) in [5.41, 5.74) is 1.10. The molecule has 0 spiro atoms. The maximum atomic E-state index is 11.4. The van der Waals surface area contributed by atoms with Gasteiger partial charge in [-0.3, -0.25) is 0 Å². The lowest BCUT2D eigenvalue weighted by Gasteiger charge is -2.15. The van der Waals surface area contributed by atoms with Gasteiger partial charge in [-0.1, -0.05) is 41.1 Å². The second-order valence-corrected chi connectivity index (χ2v) is 7.70. The standard InChI is InChI=1S/C13H19BrO3S/c1-2-18(16,17)8-7-11(10-15)9-12-5-3-4-6-13(12)14/h3-6,11,15H,2,7-10H2,1H3. The zero-order chi connectivity index (χ0) is 13.6. The van der Waals surface area contributed by atoms with Crippen LogP contribution in [0.4, 0.5) is 0 Å². The van der Waals surface area contributed by atoms with Crippen molar-refractivity contribution in [2.45, 2.75) is 19.8 Å². The summed E-state index contributed by atoms with van der Waals surface area (Å²) in [6.07, 6.45) is 1.20. The molecule has 3 nitrogen and oxygen atoms in total. The molecular formula is C13H19BrO3S. The molecule has 0 aliphatic heterocycles. The largest absolute Gasteiger partial charge is 0.396 e. The van der Waals surface area contributed by atoms with Gasteiger partial charge in [-0.05, 0) is 30.4 Å². The highest BCUT2D eigenvalue weighted by atomic mass is 79.9. The molecule has 5 heteroatoms. The first kappa shape index (κ1) is 15.7. The molecule has 0 fully saturated rings. The molecule has 0 aliphatic rings. The van der Waals surface area contributed by atoms with Crippen molar-refractivity contribution in [2.75, 3.05) is 18.1 Å².